The SMILES string of the molecule is CCOCCOCCO[Si](C)(C)C(C)(C)C. The molecular formula is C12H28O3Si. The lowest BCUT2D eigenvalue weighted by molar-refractivity contribution is 0.0386. The van der Waals surface area contributed by atoms with Gasteiger partial charge in [0.25, 0.3) is 0 Å². The molecule has 0 unspecified atom stereocenters. The molecule has 16 heavy (non-hydrogen) atoms. The number of hydrogen-bond acceptors (Lipinski definition) is 3. The van der Waals surface area contributed by atoms with E-state index in [1.165, 1.54) is 0 Å². The Morgan fingerprint density at radius 1 is 0.875 bits per heavy atom. The second-order valence-electron chi connectivity index (χ2n) is 5.42. The van der Waals surface area contributed by atoms with E-state index in [0.29, 0.717) is 26.4 Å². The molecule has 0 aromatic rings. The van der Waals surface area contributed by atoms with Crippen molar-refractivity contribution in [3.05, 3.63) is 0 Å². The third kappa shape index (κ3) is 6.63. The van der Waals surface area contributed by atoms with Gasteiger partial charge in [0.1, 0.15) is 0 Å². The molecule has 0 aliphatic rings. The standard InChI is InChI=1S/C12H28O3Si/c1-7-13-8-9-14-10-11-15-16(5,6)12(2,3)4/h7-11H2,1-6H3. The van der Waals surface area contributed by atoms with Gasteiger partial charge < -0.3 is 13.9 Å². The molecule has 0 aliphatic heterocycles. The number of hydrogen-bond donors (Lipinski definition) is 0. The van der Waals surface area contributed by atoms with Gasteiger partial charge in [0.05, 0.1) is 26.4 Å². The van der Waals surface area contributed by atoms with Crippen molar-refractivity contribution in [2.45, 2.75) is 45.8 Å². The van der Waals surface area contributed by atoms with Gasteiger partial charge in [-0.1, -0.05) is 20.8 Å². The van der Waals surface area contributed by atoms with Crippen molar-refractivity contribution in [3.63, 3.8) is 0 Å². The first-order valence-electron chi connectivity index (χ1n) is 6.10. The Balaban J connectivity index is 3.51. The van der Waals surface area contributed by atoms with Crippen LogP contribution in [0.3, 0.4) is 0 Å². The zero-order valence-corrected chi connectivity index (χ0v) is 12.8. The molecule has 4 heteroatoms. The maximum atomic E-state index is 5.97. The van der Waals surface area contributed by atoms with Crippen molar-refractivity contribution in [3.8, 4) is 0 Å². The molecule has 0 radical (unpaired) electrons. The van der Waals surface area contributed by atoms with E-state index in [0.717, 1.165) is 6.61 Å². The summed E-state index contributed by atoms with van der Waals surface area (Å²) in [7, 11) is -1.59. The van der Waals surface area contributed by atoms with Crippen LogP contribution in [0, 0.1) is 0 Å². The fourth-order valence-corrected chi connectivity index (χ4v) is 1.96. The first-order chi connectivity index (χ1) is 7.31. The minimum atomic E-state index is -1.59. The summed E-state index contributed by atoms with van der Waals surface area (Å²) in [6.45, 7) is 16.7. The van der Waals surface area contributed by atoms with Crippen molar-refractivity contribution in [1.82, 2.24) is 0 Å². The molecule has 0 aromatic carbocycles. The predicted molar refractivity (Wildman–Crippen MR) is 70.5 cm³/mol. The van der Waals surface area contributed by atoms with Crippen molar-refractivity contribution in [2.75, 3.05) is 33.0 Å². The molecule has 0 fully saturated rings. The van der Waals surface area contributed by atoms with Crippen LogP contribution in [0.25, 0.3) is 0 Å². The van der Waals surface area contributed by atoms with Gasteiger partial charge in [-0.05, 0) is 25.1 Å². The molecule has 0 bridgehead atoms. The fourth-order valence-electron chi connectivity index (χ4n) is 0.937. The Bertz CT molecular complexity index is 176. The summed E-state index contributed by atoms with van der Waals surface area (Å²) in [5, 5.41) is 0.276. The summed E-state index contributed by atoms with van der Waals surface area (Å²) >= 11 is 0. The van der Waals surface area contributed by atoms with Crippen LogP contribution in [-0.2, 0) is 13.9 Å². The molecule has 0 aliphatic carbocycles. The van der Waals surface area contributed by atoms with Crippen LogP contribution in [0.5, 0.6) is 0 Å². The molecule has 0 N–H and O–H groups in total. The lowest BCUT2D eigenvalue weighted by Gasteiger charge is -2.36. The van der Waals surface area contributed by atoms with Crippen LogP contribution in [0.1, 0.15) is 27.7 Å². The minimum Gasteiger partial charge on any atom is -0.414 e. The second kappa shape index (κ2) is 7.43. The summed E-state index contributed by atoms with van der Waals surface area (Å²) in [6, 6.07) is 0. The lowest BCUT2D eigenvalue weighted by Crippen LogP contribution is -2.41. The van der Waals surface area contributed by atoms with Crippen LogP contribution < -0.4 is 0 Å². The zero-order chi connectivity index (χ0) is 12.7. The highest BCUT2D eigenvalue weighted by molar-refractivity contribution is 6.74. The van der Waals surface area contributed by atoms with Crippen LogP contribution >= 0.6 is 0 Å². The van der Waals surface area contributed by atoms with Gasteiger partial charge in [0.2, 0.25) is 0 Å². The van der Waals surface area contributed by atoms with Gasteiger partial charge in [-0.15, -0.1) is 0 Å². The maximum Gasteiger partial charge on any atom is 0.192 e. The summed E-state index contributed by atoms with van der Waals surface area (Å²) < 4.78 is 16.6. The Morgan fingerprint density at radius 2 is 1.38 bits per heavy atom. The molecule has 0 aromatic heterocycles. The summed E-state index contributed by atoms with van der Waals surface area (Å²) in [4.78, 5) is 0. The van der Waals surface area contributed by atoms with E-state index in [2.05, 4.69) is 33.9 Å². The first-order valence-corrected chi connectivity index (χ1v) is 9.01. The highest BCUT2D eigenvalue weighted by Crippen LogP contribution is 2.36. The first kappa shape index (κ1) is 16.1. The maximum absolute atomic E-state index is 5.97. The molecule has 98 valence electrons. The molecular weight excluding hydrogens is 220 g/mol. The van der Waals surface area contributed by atoms with Gasteiger partial charge in [-0.25, -0.2) is 0 Å². The molecule has 0 saturated heterocycles. The van der Waals surface area contributed by atoms with Crippen LogP contribution in [-0.4, -0.2) is 41.4 Å². The van der Waals surface area contributed by atoms with Gasteiger partial charge >= 0.3 is 0 Å². The van der Waals surface area contributed by atoms with Gasteiger partial charge in [0.15, 0.2) is 8.32 Å². The van der Waals surface area contributed by atoms with Gasteiger partial charge in [0, 0.05) is 6.61 Å². The highest BCUT2D eigenvalue weighted by Gasteiger charge is 2.36. The Kier molecular flexibility index (Phi) is 7.47. The topological polar surface area (TPSA) is 27.7 Å². The van der Waals surface area contributed by atoms with E-state index >= 15 is 0 Å². The number of ether oxygens (including phenoxy) is 2. The molecule has 0 rings (SSSR count). The largest absolute Gasteiger partial charge is 0.414 e. The van der Waals surface area contributed by atoms with E-state index < -0.39 is 8.32 Å². The van der Waals surface area contributed by atoms with Crippen LogP contribution in [0.2, 0.25) is 18.1 Å². The van der Waals surface area contributed by atoms with Crippen LogP contribution in [0.15, 0.2) is 0 Å². The molecule has 0 atom stereocenters. The molecule has 0 spiro atoms. The quantitative estimate of drug-likeness (QED) is 0.488. The van der Waals surface area contributed by atoms with E-state index in [1.807, 2.05) is 6.92 Å². The fraction of sp³-hybridized carbons (Fsp3) is 1.00. The highest BCUT2D eigenvalue weighted by atomic mass is 28.4. The van der Waals surface area contributed by atoms with Crippen molar-refractivity contribution >= 4 is 8.32 Å². The summed E-state index contributed by atoms with van der Waals surface area (Å²) in [5.74, 6) is 0. The summed E-state index contributed by atoms with van der Waals surface area (Å²) in [5.41, 5.74) is 0. The zero-order valence-electron chi connectivity index (χ0n) is 11.8. The Morgan fingerprint density at radius 3 is 1.88 bits per heavy atom. The average Bonchev–Trinajstić information content (AvgIpc) is 2.14. The van der Waals surface area contributed by atoms with Crippen molar-refractivity contribution < 1.29 is 13.9 Å². The Labute approximate surface area is 102 Å². The molecule has 0 heterocycles. The smallest absolute Gasteiger partial charge is 0.192 e. The second-order valence-corrected chi connectivity index (χ2v) is 10.2. The predicted octanol–water partition coefficient (Wildman–Crippen LogP) is 3.06. The minimum absolute atomic E-state index is 0.276. The van der Waals surface area contributed by atoms with E-state index in [1.54, 1.807) is 0 Å². The average molecular weight is 248 g/mol. The van der Waals surface area contributed by atoms with Crippen LogP contribution in [0.4, 0.5) is 0 Å². The summed E-state index contributed by atoms with van der Waals surface area (Å²) in [6.07, 6.45) is 0. The van der Waals surface area contributed by atoms with E-state index in [4.69, 9.17) is 13.9 Å². The third-order valence-corrected chi connectivity index (χ3v) is 7.61. The van der Waals surface area contributed by atoms with Gasteiger partial charge in [-0.2, -0.15) is 0 Å². The normalized spacial score (nSPS) is 13.1. The number of rotatable bonds is 8. The molecule has 0 saturated carbocycles. The third-order valence-electron chi connectivity index (χ3n) is 3.07. The molecule has 0 amide bonds. The van der Waals surface area contributed by atoms with Crippen molar-refractivity contribution in [2.24, 2.45) is 0 Å². The monoisotopic (exact) mass is 248 g/mol. The van der Waals surface area contributed by atoms with Crippen molar-refractivity contribution in [1.29, 1.82) is 0 Å². The van der Waals surface area contributed by atoms with E-state index in [9.17, 15) is 0 Å². The molecule has 3 nitrogen and oxygen atoms in total. The van der Waals surface area contributed by atoms with Gasteiger partial charge in [-0.3, -0.25) is 0 Å². The lowest BCUT2D eigenvalue weighted by atomic mass is 10.2. The van der Waals surface area contributed by atoms with E-state index in [-0.39, 0.29) is 5.04 Å². The Hall–Kier alpha value is 0.0969.